The van der Waals surface area contributed by atoms with Crippen LogP contribution in [0.15, 0.2) is 40.9 Å². The number of rotatable bonds is 5. The van der Waals surface area contributed by atoms with Crippen LogP contribution in [0.5, 0.6) is 0 Å². The number of aromatic nitrogens is 3. The van der Waals surface area contributed by atoms with Gasteiger partial charge >= 0.3 is 0 Å². The molecule has 4 rings (SSSR count). The normalized spacial score (nSPS) is 13.9. The first-order valence-electron chi connectivity index (χ1n) is 7.42. The Kier molecular flexibility index (Phi) is 3.63. The Bertz CT molecular complexity index is 823. The van der Waals surface area contributed by atoms with Crippen molar-refractivity contribution < 1.29 is 9.32 Å². The molecule has 2 heterocycles. The predicted octanol–water partition coefficient (Wildman–Crippen LogP) is 3.25. The zero-order valence-corrected chi connectivity index (χ0v) is 13.0. The number of nitrogens with zero attached hydrogens (tertiary/aromatic N) is 3. The standard InChI is InChI=1S/C16H14N4O2S/c21-14(17-16-19-18-15(23-16)11-6-7-11)9-12-8-13(22-20-12)10-4-2-1-3-5-10/h1-5,8,11H,6-7,9H2,(H,17,19,21). The van der Waals surface area contributed by atoms with Crippen LogP contribution in [0.25, 0.3) is 11.3 Å². The highest BCUT2D eigenvalue weighted by molar-refractivity contribution is 7.15. The Morgan fingerprint density at radius 2 is 2.09 bits per heavy atom. The summed E-state index contributed by atoms with van der Waals surface area (Å²) in [6, 6.07) is 11.4. The third-order valence-corrected chi connectivity index (χ3v) is 4.57. The Hall–Kier alpha value is -2.54. The SMILES string of the molecule is O=C(Cc1cc(-c2ccccc2)on1)Nc1nnc(C2CC2)s1. The van der Waals surface area contributed by atoms with E-state index in [2.05, 4.69) is 20.7 Å². The number of nitrogens with one attached hydrogen (secondary N) is 1. The molecule has 0 aliphatic heterocycles. The minimum absolute atomic E-state index is 0.147. The molecule has 1 N–H and O–H groups in total. The number of amides is 1. The van der Waals surface area contributed by atoms with Crippen molar-refractivity contribution in [3.8, 4) is 11.3 Å². The van der Waals surface area contributed by atoms with Crippen LogP contribution in [0.4, 0.5) is 5.13 Å². The van der Waals surface area contributed by atoms with Gasteiger partial charge in [-0.25, -0.2) is 0 Å². The van der Waals surface area contributed by atoms with Crippen LogP contribution < -0.4 is 5.32 Å². The molecule has 1 aliphatic carbocycles. The second kappa shape index (κ2) is 5.92. The van der Waals surface area contributed by atoms with Gasteiger partial charge in [-0.3, -0.25) is 4.79 Å². The maximum Gasteiger partial charge on any atom is 0.232 e. The number of benzene rings is 1. The lowest BCUT2D eigenvalue weighted by molar-refractivity contribution is -0.115. The van der Waals surface area contributed by atoms with Crippen molar-refractivity contribution in [2.24, 2.45) is 0 Å². The molecule has 23 heavy (non-hydrogen) atoms. The van der Waals surface area contributed by atoms with Gasteiger partial charge in [0.05, 0.1) is 12.1 Å². The van der Waals surface area contributed by atoms with Crippen molar-refractivity contribution >= 4 is 22.4 Å². The number of hydrogen-bond acceptors (Lipinski definition) is 6. The summed E-state index contributed by atoms with van der Waals surface area (Å²) in [5, 5.41) is 16.4. The minimum Gasteiger partial charge on any atom is -0.356 e. The van der Waals surface area contributed by atoms with Gasteiger partial charge in [-0.05, 0) is 12.8 Å². The summed E-state index contributed by atoms with van der Waals surface area (Å²) in [5.74, 6) is 1.03. The molecule has 7 heteroatoms. The number of anilines is 1. The molecule has 0 bridgehead atoms. The number of carbonyl (C=O) groups is 1. The van der Waals surface area contributed by atoms with Gasteiger partial charge < -0.3 is 9.84 Å². The molecule has 0 radical (unpaired) electrons. The van der Waals surface area contributed by atoms with Crippen LogP contribution >= 0.6 is 11.3 Å². The van der Waals surface area contributed by atoms with E-state index in [-0.39, 0.29) is 12.3 Å². The highest BCUT2D eigenvalue weighted by Gasteiger charge is 2.27. The molecule has 6 nitrogen and oxygen atoms in total. The highest BCUT2D eigenvalue weighted by atomic mass is 32.1. The summed E-state index contributed by atoms with van der Waals surface area (Å²) < 4.78 is 5.29. The summed E-state index contributed by atoms with van der Waals surface area (Å²) in [6.45, 7) is 0. The molecule has 0 spiro atoms. The van der Waals surface area contributed by atoms with Crippen molar-refractivity contribution in [2.45, 2.75) is 25.2 Å². The molecule has 116 valence electrons. The smallest absolute Gasteiger partial charge is 0.232 e. The zero-order chi connectivity index (χ0) is 15.6. The first kappa shape index (κ1) is 14.1. The van der Waals surface area contributed by atoms with E-state index in [4.69, 9.17) is 4.52 Å². The maximum atomic E-state index is 12.1. The van der Waals surface area contributed by atoms with Gasteiger partial charge in [-0.2, -0.15) is 0 Å². The average molecular weight is 326 g/mol. The minimum atomic E-state index is -0.170. The molecule has 1 fully saturated rings. The maximum absolute atomic E-state index is 12.1. The lowest BCUT2D eigenvalue weighted by Crippen LogP contribution is -2.14. The fourth-order valence-electron chi connectivity index (χ4n) is 2.24. The van der Waals surface area contributed by atoms with Gasteiger partial charge in [0.2, 0.25) is 11.0 Å². The van der Waals surface area contributed by atoms with E-state index in [1.807, 2.05) is 30.3 Å². The fourth-order valence-corrected chi connectivity index (χ4v) is 3.17. The molecule has 1 aliphatic rings. The van der Waals surface area contributed by atoms with Crippen molar-refractivity contribution in [2.75, 3.05) is 5.32 Å². The van der Waals surface area contributed by atoms with Crippen molar-refractivity contribution in [1.82, 2.24) is 15.4 Å². The predicted molar refractivity (Wildman–Crippen MR) is 86.2 cm³/mol. The Balaban J connectivity index is 1.39. The van der Waals surface area contributed by atoms with Crippen LogP contribution in [0.3, 0.4) is 0 Å². The third-order valence-electron chi connectivity index (χ3n) is 3.57. The number of hydrogen-bond donors (Lipinski definition) is 1. The van der Waals surface area contributed by atoms with Crippen LogP contribution in [0, 0.1) is 0 Å². The second-order valence-corrected chi connectivity index (χ2v) is 6.50. The molecule has 3 aromatic rings. The first-order chi connectivity index (χ1) is 11.3. The van der Waals surface area contributed by atoms with Crippen LogP contribution in [-0.2, 0) is 11.2 Å². The van der Waals surface area contributed by atoms with Gasteiger partial charge in [0.1, 0.15) is 5.01 Å². The third kappa shape index (κ3) is 3.29. The van der Waals surface area contributed by atoms with Crippen LogP contribution in [0.1, 0.15) is 29.5 Å². The average Bonchev–Trinajstić information content (AvgIpc) is 3.14. The first-order valence-corrected chi connectivity index (χ1v) is 8.24. The van der Waals surface area contributed by atoms with Gasteiger partial charge in [-0.1, -0.05) is 46.8 Å². The molecule has 0 unspecified atom stereocenters. The summed E-state index contributed by atoms with van der Waals surface area (Å²) in [5.41, 5.74) is 1.53. The van der Waals surface area contributed by atoms with E-state index in [0.717, 1.165) is 10.6 Å². The van der Waals surface area contributed by atoms with E-state index >= 15 is 0 Å². The van der Waals surface area contributed by atoms with Crippen molar-refractivity contribution in [3.63, 3.8) is 0 Å². The lowest BCUT2D eigenvalue weighted by Gasteiger charge is -1.97. The molecule has 0 atom stereocenters. The van der Waals surface area contributed by atoms with E-state index in [0.29, 0.717) is 22.5 Å². The number of carbonyl (C=O) groups excluding carboxylic acids is 1. The Morgan fingerprint density at radius 1 is 1.26 bits per heavy atom. The summed E-state index contributed by atoms with van der Waals surface area (Å²) >= 11 is 1.45. The van der Waals surface area contributed by atoms with Crippen LogP contribution in [0.2, 0.25) is 0 Å². The van der Waals surface area contributed by atoms with E-state index < -0.39 is 0 Å². The Labute approximate surface area is 136 Å². The summed E-state index contributed by atoms with van der Waals surface area (Å²) in [6.07, 6.45) is 2.49. The zero-order valence-electron chi connectivity index (χ0n) is 12.2. The molecule has 2 aromatic heterocycles. The van der Waals surface area contributed by atoms with E-state index in [1.165, 1.54) is 24.2 Å². The summed E-state index contributed by atoms with van der Waals surface area (Å²) in [4.78, 5) is 12.1. The molecular formula is C16H14N4O2S. The van der Waals surface area contributed by atoms with Gasteiger partial charge in [-0.15, -0.1) is 10.2 Å². The van der Waals surface area contributed by atoms with Crippen molar-refractivity contribution in [1.29, 1.82) is 0 Å². The van der Waals surface area contributed by atoms with Gasteiger partial charge in [0, 0.05) is 17.5 Å². The molecule has 1 aromatic carbocycles. The second-order valence-electron chi connectivity index (χ2n) is 5.49. The molecule has 1 saturated carbocycles. The fraction of sp³-hybridized carbons (Fsp3) is 0.250. The van der Waals surface area contributed by atoms with Crippen LogP contribution in [-0.4, -0.2) is 21.3 Å². The summed E-state index contributed by atoms with van der Waals surface area (Å²) in [7, 11) is 0. The molecule has 0 saturated heterocycles. The van der Waals surface area contributed by atoms with Gasteiger partial charge in [0.25, 0.3) is 0 Å². The van der Waals surface area contributed by atoms with Gasteiger partial charge in [0.15, 0.2) is 5.76 Å². The quantitative estimate of drug-likeness (QED) is 0.778. The topological polar surface area (TPSA) is 80.9 Å². The van der Waals surface area contributed by atoms with E-state index in [9.17, 15) is 4.79 Å². The monoisotopic (exact) mass is 326 g/mol. The lowest BCUT2D eigenvalue weighted by atomic mass is 10.1. The van der Waals surface area contributed by atoms with Crippen molar-refractivity contribution in [3.05, 3.63) is 47.1 Å². The Morgan fingerprint density at radius 3 is 2.87 bits per heavy atom. The van der Waals surface area contributed by atoms with E-state index in [1.54, 1.807) is 6.07 Å². The largest absolute Gasteiger partial charge is 0.356 e. The molecule has 1 amide bonds. The highest BCUT2D eigenvalue weighted by Crippen LogP contribution is 2.42. The molecular weight excluding hydrogens is 312 g/mol.